The van der Waals surface area contributed by atoms with Crippen LogP contribution in [0.2, 0.25) is 0 Å². The van der Waals surface area contributed by atoms with E-state index in [0.29, 0.717) is 32.3 Å². The molecule has 0 bridgehead atoms. The summed E-state index contributed by atoms with van der Waals surface area (Å²) in [7, 11) is 0. The normalized spacial score (nSPS) is 11.9. The lowest BCUT2D eigenvalue weighted by molar-refractivity contribution is -0.151. The highest BCUT2D eigenvalue weighted by molar-refractivity contribution is 5.70. The second kappa shape index (κ2) is 29.1. The van der Waals surface area contributed by atoms with Crippen LogP contribution in [0.1, 0.15) is 175 Å². The predicted octanol–water partition coefficient (Wildman–Crippen LogP) is 9.67. The molecular weight excluding hydrogens is 568 g/mol. The molecule has 1 atom stereocenters. The summed E-state index contributed by atoms with van der Waals surface area (Å²) in [6.07, 6.45) is 29.1. The van der Waals surface area contributed by atoms with E-state index in [9.17, 15) is 14.4 Å². The third kappa shape index (κ3) is 25.5. The number of hydrogen-bond donors (Lipinski definition) is 0. The average Bonchev–Trinajstić information content (AvgIpc) is 3.54. The summed E-state index contributed by atoms with van der Waals surface area (Å²) in [5.74, 6) is -0.539. The number of ether oxygens (including phenoxy) is 3. The standard InChI is InChI=1S/C37H66N2O6/c1-4-6-8-10-13-17-22-34(23-18-14-11-9-7-5-2)45-37(42)24-19-15-12-16-20-31-43-35(40)27-26-33(3)44-36(41)25-21-29-39-30-28-38-32-39/h28,30,32-34H,4-27,29,31H2,1-3H3. The molecule has 0 aliphatic heterocycles. The monoisotopic (exact) mass is 634 g/mol. The molecule has 0 radical (unpaired) electrons. The zero-order valence-electron chi connectivity index (χ0n) is 29.1. The van der Waals surface area contributed by atoms with Crippen LogP contribution in [0.15, 0.2) is 18.7 Å². The maximum atomic E-state index is 12.6. The van der Waals surface area contributed by atoms with Crippen molar-refractivity contribution < 1.29 is 28.6 Å². The first-order valence-electron chi connectivity index (χ1n) is 18.4. The average molecular weight is 635 g/mol. The molecule has 1 aromatic heterocycles. The van der Waals surface area contributed by atoms with E-state index in [0.717, 1.165) is 64.3 Å². The van der Waals surface area contributed by atoms with Crippen molar-refractivity contribution in [1.29, 1.82) is 0 Å². The van der Waals surface area contributed by atoms with Crippen LogP contribution in [0.3, 0.4) is 0 Å². The summed E-state index contributed by atoms with van der Waals surface area (Å²) in [6.45, 7) is 7.42. The number of unbranched alkanes of at least 4 members (excludes halogenated alkanes) is 14. The van der Waals surface area contributed by atoms with E-state index in [1.54, 1.807) is 12.5 Å². The topological polar surface area (TPSA) is 96.7 Å². The smallest absolute Gasteiger partial charge is 0.306 e. The summed E-state index contributed by atoms with van der Waals surface area (Å²) in [5.41, 5.74) is 0. The molecule has 1 rings (SSSR count). The molecule has 8 heteroatoms. The van der Waals surface area contributed by atoms with E-state index in [-0.39, 0.29) is 36.5 Å². The summed E-state index contributed by atoms with van der Waals surface area (Å²) >= 11 is 0. The minimum atomic E-state index is -0.314. The molecule has 0 saturated heterocycles. The van der Waals surface area contributed by atoms with Gasteiger partial charge in [0.1, 0.15) is 6.10 Å². The van der Waals surface area contributed by atoms with Gasteiger partial charge in [-0.1, -0.05) is 97.3 Å². The lowest BCUT2D eigenvalue weighted by atomic mass is 10.0. The van der Waals surface area contributed by atoms with Crippen LogP contribution in [0, 0.1) is 0 Å². The molecular formula is C37H66N2O6. The Labute approximate surface area is 274 Å². The van der Waals surface area contributed by atoms with Crippen LogP contribution in [0.5, 0.6) is 0 Å². The van der Waals surface area contributed by atoms with Gasteiger partial charge in [-0.3, -0.25) is 14.4 Å². The van der Waals surface area contributed by atoms with E-state index < -0.39 is 0 Å². The Hall–Kier alpha value is -2.38. The second-order valence-electron chi connectivity index (χ2n) is 12.7. The van der Waals surface area contributed by atoms with Gasteiger partial charge in [0, 0.05) is 38.2 Å². The number of carbonyl (C=O) groups is 3. The maximum Gasteiger partial charge on any atom is 0.306 e. The van der Waals surface area contributed by atoms with Gasteiger partial charge in [0.2, 0.25) is 0 Å². The molecule has 0 N–H and O–H groups in total. The summed E-state index contributed by atoms with van der Waals surface area (Å²) in [4.78, 5) is 40.6. The first kappa shape index (κ1) is 40.6. The molecule has 0 fully saturated rings. The zero-order chi connectivity index (χ0) is 32.8. The highest BCUT2D eigenvalue weighted by Gasteiger charge is 2.15. The Balaban J connectivity index is 2.07. The highest BCUT2D eigenvalue weighted by atomic mass is 16.5. The molecule has 0 spiro atoms. The number of carbonyl (C=O) groups excluding carboxylic acids is 3. The Morgan fingerprint density at radius 3 is 1.80 bits per heavy atom. The van der Waals surface area contributed by atoms with E-state index >= 15 is 0 Å². The fraction of sp³-hybridized carbons (Fsp3) is 0.838. The van der Waals surface area contributed by atoms with Gasteiger partial charge in [-0.25, -0.2) is 4.98 Å². The van der Waals surface area contributed by atoms with Gasteiger partial charge in [-0.05, 0) is 58.3 Å². The largest absolute Gasteiger partial charge is 0.466 e. The molecule has 0 aliphatic rings. The van der Waals surface area contributed by atoms with Crippen LogP contribution in [0.4, 0.5) is 0 Å². The Bertz CT molecular complexity index is 828. The number of imidazole rings is 1. The van der Waals surface area contributed by atoms with Crippen molar-refractivity contribution in [3.63, 3.8) is 0 Å². The molecule has 0 saturated carbocycles. The second-order valence-corrected chi connectivity index (χ2v) is 12.7. The summed E-state index contributed by atoms with van der Waals surface area (Å²) < 4.78 is 18.6. The van der Waals surface area contributed by atoms with Crippen molar-refractivity contribution in [3.8, 4) is 0 Å². The van der Waals surface area contributed by atoms with Gasteiger partial charge in [0.15, 0.2) is 0 Å². The van der Waals surface area contributed by atoms with Gasteiger partial charge in [-0.15, -0.1) is 0 Å². The van der Waals surface area contributed by atoms with E-state index in [1.807, 2.05) is 17.7 Å². The highest BCUT2D eigenvalue weighted by Crippen LogP contribution is 2.18. The zero-order valence-corrected chi connectivity index (χ0v) is 29.1. The predicted molar refractivity (Wildman–Crippen MR) is 181 cm³/mol. The van der Waals surface area contributed by atoms with Crippen molar-refractivity contribution in [1.82, 2.24) is 9.55 Å². The molecule has 8 nitrogen and oxygen atoms in total. The van der Waals surface area contributed by atoms with Crippen molar-refractivity contribution in [3.05, 3.63) is 18.7 Å². The maximum absolute atomic E-state index is 12.6. The molecule has 1 unspecified atom stereocenters. The van der Waals surface area contributed by atoms with Crippen LogP contribution in [-0.4, -0.2) is 46.3 Å². The number of hydrogen-bond acceptors (Lipinski definition) is 7. The van der Waals surface area contributed by atoms with Crippen LogP contribution >= 0.6 is 0 Å². The lowest BCUT2D eigenvalue weighted by Crippen LogP contribution is -2.18. The first-order valence-corrected chi connectivity index (χ1v) is 18.4. The number of esters is 3. The number of aromatic nitrogens is 2. The molecule has 0 aromatic carbocycles. The quantitative estimate of drug-likeness (QED) is 0.0456. The summed E-state index contributed by atoms with van der Waals surface area (Å²) in [6, 6.07) is 0. The van der Waals surface area contributed by atoms with Crippen LogP contribution < -0.4 is 0 Å². The summed E-state index contributed by atoms with van der Waals surface area (Å²) in [5, 5.41) is 0. The molecule has 260 valence electrons. The SMILES string of the molecule is CCCCCCCCC(CCCCCCCC)OC(=O)CCCCCCCOC(=O)CCC(C)OC(=O)CCCn1ccnc1. The van der Waals surface area contributed by atoms with Crippen molar-refractivity contribution in [2.75, 3.05) is 6.61 Å². The third-order valence-corrected chi connectivity index (χ3v) is 8.29. The lowest BCUT2D eigenvalue weighted by Gasteiger charge is -2.18. The Morgan fingerprint density at radius 1 is 0.622 bits per heavy atom. The van der Waals surface area contributed by atoms with Gasteiger partial charge in [0.05, 0.1) is 19.0 Å². The van der Waals surface area contributed by atoms with E-state index in [1.165, 1.54) is 64.2 Å². The number of nitrogens with zero attached hydrogens (tertiary/aromatic N) is 2. The van der Waals surface area contributed by atoms with E-state index in [4.69, 9.17) is 14.2 Å². The number of rotatable bonds is 31. The van der Waals surface area contributed by atoms with Gasteiger partial charge in [0.25, 0.3) is 0 Å². The van der Waals surface area contributed by atoms with E-state index in [2.05, 4.69) is 18.8 Å². The van der Waals surface area contributed by atoms with Crippen molar-refractivity contribution in [2.45, 2.75) is 194 Å². The van der Waals surface area contributed by atoms with Crippen LogP contribution in [-0.2, 0) is 35.1 Å². The fourth-order valence-electron chi connectivity index (χ4n) is 5.46. The minimum absolute atomic E-state index is 0.0414. The molecule has 45 heavy (non-hydrogen) atoms. The van der Waals surface area contributed by atoms with Crippen molar-refractivity contribution >= 4 is 17.9 Å². The van der Waals surface area contributed by atoms with Gasteiger partial charge in [-0.2, -0.15) is 0 Å². The minimum Gasteiger partial charge on any atom is -0.466 e. The van der Waals surface area contributed by atoms with Gasteiger partial charge >= 0.3 is 17.9 Å². The van der Waals surface area contributed by atoms with Gasteiger partial charge < -0.3 is 18.8 Å². The molecule has 0 aliphatic carbocycles. The molecule has 0 amide bonds. The molecule has 1 aromatic rings. The van der Waals surface area contributed by atoms with Crippen LogP contribution in [0.25, 0.3) is 0 Å². The van der Waals surface area contributed by atoms with Crippen molar-refractivity contribution in [2.24, 2.45) is 0 Å². The fourth-order valence-corrected chi connectivity index (χ4v) is 5.46. The number of aryl methyl sites for hydroxylation is 1. The first-order chi connectivity index (χ1) is 21.9. The Morgan fingerprint density at radius 2 is 1.18 bits per heavy atom. The third-order valence-electron chi connectivity index (χ3n) is 8.29. The Kier molecular flexibility index (Phi) is 26.2. The molecule has 1 heterocycles.